The van der Waals surface area contributed by atoms with E-state index in [0.717, 1.165) is 29.8 Å². The minimum Gasteiger partial charge on any atom is -0.454 e. The molecule has 3 amide bonds. The number of anilines is 2. The maximum absolute atomic E-state index is 12.4. The summed E-state index contributed by atoms with van der Waals surface area (Å²) in [6, 6.07) is 14.3. The van der Waals surface area contributed by atoms with Crippen LogP contribution in [-0.4, -0.2) is 49.9 Å². The van der Waals surface area contributed by atoms with Gasteiger partial charge in [0.05, 0.1) is 0 Å². The highest BCUT2D eigenvalue weighted by Gasteiger charge is 2.25. The van der Waals surface area contributed by atoms with Gasteiger partial charge in [0.1, 0.15) is 6.54 Å². The van der Waals surface area contributed by atoms with E-state index in [1.165, 1.54) is 0 Å². The number of para-hydroxylation sites is 1. The van der Waals surface area contributed by atoms with Gasteiger partial charge in [-0.2, -0.15) is 0 Å². The van der Waals surface area contributed by atoms with Crippen molar-refractivity contribution in [2.75, 3.05) is 36.0 Å². The first-order valence-electron chi connectivity index (χ1n) is 10.3. The second kappa shape index (κ2) is 8.99. The summed E-state index contributed by atoms with van der Waals surface area (Å²) in [5.41, 5.74) is 3.05. The van der Waals surface area contributed by atoms with Gasteiger partial charge in [0.25, 0.3) is 11.8 Å². The molecule has 1 saturated heterocycles. The first-order valence-corrected chi connectivity index (χ1v) is 10.3. The van der Waals surface area contributed by atoms with E-state index >= 15 is 0 Å². The number of rotatable bonds is 6. The summed E-state index contributed by atoms with van der Waals surface area (Å²) in [5.74, 6) is -1.34. The van der Waals surface area contributed by atoms with Crippen molar-refractivity contribution in [3.05, 3.63) is 59.7 Å². The Morgan fingerprint density at radius 1 is 0.968 bits per heavy atom. The molecule has 0 unspecified atom stereocenters. The first kappa shape index (κ1) is 20.6. The fourth-order valence-corrected chi connectivity index (χ4v) is 3.84. The Morgan fingerprint density at radius 3 is 2.48 bits per heavy atom. The molecular weight excluding hydrogens is 398 g/mol. The molecule has 31 heavy (non-hydrogen) atoms. The summed E-state index contributed by atoms with van der Waals surface area (Å²) in [7, 11) is 0. The summed E-state index contributed by atoms with van der Waals surface area (Å²) in [6.45, 7) is 0.528. The number of nitrogens with one attached hydrogen (secondary N) is 1. The number of carbonyl (C=O) groups is 4. The minimum atomic E-state index is -0.687. The predicted molar refractivity (Wildman–Crippen MR) is 114 cm³/mol. The van der Waals surface area contributed by atoms with E-state index in [-0.39, 0.29) is 25.0 Å². The standard InChI is InChI=1S/C23H23N3O5/c27-20-6-3-12-25(20)18-9-7-17(8-10-18)23(30)24-14-22(29)31-15-21(28)26-13-11-16-4-1-2-5-19(16)26/h1-2,4-5,7-10H,3,6,11-15H2,(H,24,30). The third-order valence-electron chi connectivity index (χ3n) is 5.45. The monoisotopic (exact) mass is 421 g/mol. The largest absolute Gasteiger partial charge is 0.454 e. The third-order valence-corrected chi connectivity index (χ3v) is 5.45. The van der Waals surface area contributed by atoms with Crippen molar-refractivity contribution in [1.82, 2.24) is 5.32 Å². The number of hydrogen-bond acceptors (Lipinski definition) is 5. The summed E-state index contributed by atoms with van der Waals surface area (Å²) in [6.07, 6.45) is 2.14. The number of fused-ring (bicyclic) bond motifs is 1. The Labute approximate surface area is 179 Å². The van der Waals surface area contributed by atoms with Crippen molar-refractivity contribution in [1.29, 1.82) is 0 Å². The molecule has 8 heteroatoms. The van der Waals surface area contributed by atoms with Crippen LogP contribution < -0.4 is 15.1 Å². The van der Waals surface area contributed by atoms with Gasteiger partial charge < -0.3 is 19.9 Å². The molecule has 2 aromatic rings. The molecule has 0 aromatic heterocycles. The van der Waals surface area contributed by atoms with Gasteiger partial charge in [0, 0.05) is 36.4 Å². The second-order valence-corrected chi connectivity index (χ2v) is 7.46. The molecule has 2 aliphatic heterocycles. The molecule has 0 aliphatic carbocycles. The van der Waals surface area contributed by atoms with Crippen molar-refractivity contribution in [3.63, 3.8) is 0 Å². The number of ether oxygens (including phenoxy) is 1. The van der Waals surface area contributed by atoms with E-state index in [1.54, 1.807) is 34.1 Å². The molecule has 0 saturated carbocycles. The van der Waals surface area contributed by atoms with Crippen LogP contribution >= 0.6 is 0 Å². The summed E-state index contributed by atoms with van der Waals surface area (Å²) >= 11 is 0. The van der Waals surface area contributed by atoms with Crippen molar-refractivity contribution in [2.45, 2.75) is 19.3 Å². The Morgan fingerprint density at radius 2 is 1.74 bits per heavy atom. The minimum absolute atomic E-state index is 0.0758. The lowest BCUT2D eigenvalue weighted by molar-refractivity contribution is -0.146. The molecule has 2 aromatic carbocycles. The van der Waals surface area contributed by atoms with Crippen LogP contribution in [0.4, 0.5) is 11.4 Å². The average molecular weight is 421 g/mol. The lowest BCUT2D eigenvalue weighted by atomic mass is 10.2. The molecule has 4 rings (SSSR count). The lowest BCUT2D eigenvalue weighted by Gasteiger charge is -2.17. The van der Waals surface area contributed by atoms with Crippen LogP contribution in [0.25, 0.3) is 0 Å². The van der Waals surface area contributed by atoms with E-state index in [4.69, 9.17) is 4.74 Å². The zero-order chi connectivity index (χ0) is 21.8. The van der Waals surface area contributed by atoms with Crippen LogP contribution in [0.3, 0.4) is 0 Å². The molecule has 2 aliphatic rings. The number of amides is 3. The second-order valence-electron chi connectivity index (χ2n) is 7.46. The molecule has 160 valence electrons. The highest BCUT2D eigenvalue weighted by Crippen LogP contribution is 2.27. The first-order chi connectivity index (χ1) is 15.0. The number of esters is 1. The smallest absolute Gasteiger partial charge is 0.325 e. The summed E-state index contributed by atoms with van der Waals surface area (Å²) in [4.78, 5) is 51.7. The Kier molecular flexibility index (Phi) is 5.97. The van der Waals surface area contributed by atoms with Crippen molar-refractivity contribution in [2.24, 2.45) is 0 Å². The lowest BCUT2D eigenvalue weighted by Crippen LogP contribution is -2.36. The number of carbonyl (C=O) groups excluding carboxylic acids is 4. The maximum atomic E-state index is 12.4. The quantitative estimate of drug-likeness (QED) is 0.716. The van der Waals surface area contributed by atoms with Crippen LogP contribution in [0.5, 0.6) is 0 Å². The van der Waals surface area contributed by atoms with Crippen LogP contribution in [0.15, 0.2) is 48.5 Å². The van der Waals surface area contributed by atoms with Gasteiger partial charge in [-0.25, -0.2) is 0 Å². The van der Waals surface area contributed by atoms with Gasteiger partial charge in [-0.05, 0) is 48.7 Å². The predicted octanol–water partition coefficient (Wildman–Crippen LogP) is 1.68. The van der Waals surface area contributed by atoms with Crippen LogP contribution in [0, 0.1) is 0 Å². The third kappa shape index (κ3) is 4.58. The molecule has 2 heterocycles. The maximum Gasteiger partial charge on any atom is 0.325 e. The van der Waals surface area contributed by atoms with Gasteiger partial charge in [-0.15, -0.1) is 0 Å². The molecule has 0 spiro atoms. The molecule has 1 fully saturated rings. The van der Waals surface area contributed by atoms with E-state index in [1.807, 2.05) is 24.3 Å². The van der Waals surface area contributed by atoms with E-state index < -0.39 is 11.9 Å². The van der Waals surface area contributed by atoms with Crippen molar-refractivity contribution >= 4 is 35.1 Å². The molecular formula is C23H23N3O5. The van der Waals surface area contributed by atoms with Gasteiger partial charge in [-0.3, -0.25) is 19.2 Å². The van der Waals surface area contributed by atoms with Gasteiger partial charge in [0.15, 0.2) is 6.61 Å². The summed E-state index contributed by atoms with van der Waals surface area (Å²) < 4.78 is 5.03. The molecule has 0 radical (unpaired) electrons. The number of nitrogens with zero attached hydrogens (tertiary/aromatic N) is 2. The number of hydrogen-bond donors (Lipinski definition) is 1. The van der Waals surface area contributed by atoms with Gasteiger partial charge >= 0.3 is 5.97 Å². The SMILES string of the molecule is O=C(CNC(=O)c1ccc(N2CCCC2=O)cc1)OCC(=O)N1CCc2ccccc21. The summed E-state index contributed by atoms with van der Waals surface area (Å²) in [5, 5.41) is 2.49. The van der Waals surface area contributed by atoms with E-state index in [9.17, 15) is 19.2 Å². The van der Waals surface area contributed by atoms with Gasteiger partial charge in [0.2, 0.25) is 5.91 Å². The van der Waals surface area contributed by atoms with E-state index in [0.29, 0.717) is 25.1 Å². The van der Waals surface area contributed by atoms with Crippen molar-refractivity contribution in [3.8, 4) is 0 Å². The van der Waals surface area contributed by atoms with Gasteiger partial charge in [-0.1, -0.05) is 18.2 Å². The molecule has 0 bridgehead atoms. The zero-order valence-corrected chi connectivity index (χ0v) is 17.0. The Balaban J connectivity index is 1.23. The van der Waals surface area contributed by atoms with Crippen LogP contribution in [-0.2, 0) is 25.5 Å². The zero-order valence-electron chi connectivity index (χ0n) is 17.0. The topological polar surface area (TPSA) is 96.0 Å². The average Bonchev–Trinajstić information content (AvgIpc) is 3.42. The van der Waals surface area contributed by atoms with Crippen LogP contribution in [0.1, 0.15) is 28.8 Å². The Bertz CT molecular complexity index is 1020. The van der Waals surface area contributed by atoms with Crippen molar-refractivity contribution < 1.29 is 23.9 Å². The fourth-order valence-electron chi connectivity index (χ4n) is 3.84. The van der Waals surface area contributed by atoms with Crippen LogP contribution in [0.2, 0.25) is 0 Å². The molecule has 8 nitrogen and oxygen atoms in total. The molecule has 1 N–H and O–H groups in total. The fraction of sp³-hybridized carbons (Fsp3) is 0.304. The highest BCUT2D eigenvalue weighted by atomic mass is 16.5. The van der Waals surface area contributed by atoms with E-state index in [2.05, 4.69) is 5.32 Å². The molecule has 0 atom stereocenters. The normalized spacial score (nSPS) is 15.0. The Hall–Kier alpha value is -3.68. The highest BCUT2D eigenvalue weighted by molar-refractivity contribution is 5.99. The number of benzene rings is 2.